The maximum Gasteiger partial charge on any atom is 0.119 e. The molecule has 0 bridgehead atoms. The second-order valence-electron chi connectivity index (χ2n) is 5.91. The molecule has 0 radical (unpaired) electrons. The van der Waals surface area contributed by atoms with E-state index in [2.05, 4.69) is 41.4 Å². The Morgan fingerprint density at radius 3 is 2.52 bits per heavy atom. The zero-order valence-electron chi connectivity index (χ0n) is 13.4. The second kappa shape index (κ2) is 9.67. The van der Waals surface area contributed by atoms with Crippen LogP contribution in [-0.4, -0.2) is 37.7 Å². The van der Waals surface area contributed by atoms with Crippen LogP contribution < -0.4 is 10.1 Å². The van der Waals surface area contributed by atoms with Crippen LogP contribution in [0.25, 0.3) is 0 Å². The number of unbranched alkanes of at least 4 members (excludes halogenated alkanes) is 3. The van der Waals surface area contributed by atoms with Crippen LogP contribution in [-0.2, 0) is 0 Å². The molecule has 0 aromatic heterocycles. The minimum absolute atomic E-state index is 0.835. The van der Waals surface area contributed by atoms with Crippen LogP contribution in [0.15, 0.2) is 24.3 Å². The van der Waals surface area contributed by atoms with Crippen molar-refractivity contribution in [3.05, 3.63) is 24.3 Å². The van der Waals surface area contributed by atoms with Gasteiger partial charge in [0.05, 0.1) is 6.61 Å². The highest BCUT2D eigenvalue weighted by Crippen LogP contribution is 2.16. The number of rotatable bonds is 10. The average Bonchev–Trinajstić information content (AvgIpc) is 3.02. The number of benzene rings is 1. The number of hydrogen-bond donors (Lipinski definition) is 1. The smallest absolute Gasteiger partial charge is 0.119 e. The minimum atomic E-state index is 0.835. The Morgan fingerprint density at radius 2 is 1.81 bits per heavy atom. The first-order valence-corrected chi connectivity index (χ1v) is 8.57. The number of nitrogens with one attached hydrogen (secondary N) is 1. The van der Waals surface area contributed by atoms with Crippen molar-refractivity contribution in [1.29, 1.82) is 0 Å². The second-order valence-corrected chi connectivity index (χ2v) is 5.91. The van der Waals surface area contributed by atoms with E-state index >= 15 is 0 Å². The van der Waals surface area contributed by atoms with Crippen molar-refractivity contribution in [2.45, 2.75) is 45.4 Å². The Labute approximate surface area is 129 Å². The number of ether oxygens (including phenoxy) is 1. The highest BCUT2D eigenvalue weighted by Gasteiger charge is 2.09. The van der Waals surface area contributed by atoms with Crippen molar-refractivity contribution in [1.82, 2.24) is 4.90 Å². The van der Waals surface area contributed by atoms with Gasteiger partial charge in [-0.15, -0.1) is 0 Å². The lowest BCUT2D eigenvalue weighted by atomic mass is 10.2. The van der Waals surface area contributed by atoms with Gasteiger partial charge in [0.25, 0.3) is 0 Å². The summed E-state index contributed by atoms with van der Waals surface area (Å²) in [4.78, 5) is 2.53. The molecule has 1 aromatic rings. The third-order valence-corrected chi connectivity index (χ3v) is 4.08. The summed E-state index contributed by atoms with van der Waals surface area (Å²) in [7, 11) is 0. The third-order valence-electron chi connectivity index (χ3n) is 4.08. The van der Waals surface area contributed by atoms with Crippen LogP contribution >= 0.6 is 0 Å². The maximum absolute atomic E-state index is 5.76. The molecular formula is C18H30N2O. The summed E-state index contributed by atoms with van der Waals surface area (Å²) < 4.78 is 5.76. The summed E-state index contributed by atoms with van der Waals surface area (Å²) in [6.07, 6.45) is 7.74. The predicted molar refractivity (Wildman–Crippen MR) is 90.2 cm³/mol. The summed E-state index contributed by atoms with van der Waals surface area (Å²) in [5.74, 6) is 0.983. The van der Waals surface area contributed by atoms with Crippen LogP contribution in [0.3, 0.4) is 0 Å². The average molecular weight is 290 g/mol. The molecule has 1 heterocycles. The predicted octanol–water partition coefficient (Wildman–Crippen LogP) is 4.15. The molecule has 1 aromatic carbocycles. The summed E-state index contributed by atoms with van der Waals surface area (Å²) in [6.45, 7) is 7.78. The normalized spacial score (nSPS) is 15.3. The van der Waals surface area contributed by atoms with E-state index in [0.717, 1.165) is 31.9 Å². The third kappa shape index (κ3) is 6.38. The van der Waals surface area contributed by atoms with E-state index in [-0.39, 0.29) is 0 Å². The van der Waals surface area contributed by atoms with Crippen molar-refractivity contribution in [3.8, 4) is 5.75 Å². The van der Waals surface area contributed by atoms with Gasteiger partial charge in [0, 0.05) is 18.8 Å². The fourth-order valence-electron chi connectivity index (χ4n) is 2.75. The molecular weight excluding hydrogens is 260 g/mol. The van der Waals surface area contributed by atoms with Gasteiger partial charge in [0.1, 0.15) is 5.75 Å². The number of anilines is 1. The maximum atomic E-state index is 5.76. The molecule has 3 heteroatoms. The Bertz CT molecular complexity index is 371. The van der Waals surface area contributed by atoms with E-state index in [0.29, 0.717) is 0 Å². The Balaban J connectivity index is 1.59. The van der Waals surface area contributed by atoms with Crippen LogP contribution in [0.4, 0.5) is 5.69 Å². The highest BCUT2D eigenvalue weighted by molar-refractivity contribution is 5.46. The molecule has 1 N–H and O–H groups in total. The molecule has 1 saturated heterocycles. The lowest BCUT2D eigenvalue weighted by Crippen LogP contribution is -2.25. The van der Waals surface area contributed by atoms with Crippen molar-refractivity contribution in [2.24, 2.45) is 0 Å². The Kier molecular flexibility index (Phi) is 7.44. The highest BCUT2D eigenvalue weighted by atomic mass is 16.5. The van der Waals surface area contributed by atoms with Crippen LogP contribution in [0.1, 0.15) is 45.4 Å². The van der Waals surface area contributed by atoms with E-state index < -0.39 is 0 Å². The van der Waals surface area contributed by atoms with Gasteiger partial charge < -0.3 is 15.0 Å². The molecule has 118 valence electrons. The minimum Gasteiger partial charge on any atom is -0.494 e. The molecule has 0 unspecified atom stereocenters. The topological polar surface area (TPSA) is 24.5 Å². The number of likely N-dealkylation sites (tertiary alicyclic amines) is 1. The van der Waals surface area contributed by atoms with E-state index in [1.165, 1.54) is 50.9 Å². The van der Waals surface area contributed by atoms with Crippen molar-refractivity contribution in [3.63, 3.8) is 0 Å². The zero-order chi connectivity index (χ0) is 14.8. The Morgan fingerprint density at radius 1 is 1.05 bits per heavy atom. The van der Waals surface area contributed by atoms with Gasteiger partial charge in [-0.1, -0.05) is 26.2 Å². The van der Waals surface area contributed by atoms with Crippen molar-refractivity contribution < 1.29 is 4.74 Å². The largest absolute Gasteiger partial charge is 0.494 e. The molecule has 0 amide bonds. The van der Waals surface area contributed by atoms with Gasteiger partial charge in [-0.3, -0.25) is 0 Å². The van der Waals surface area contributed by atoms with Gasteiger partial charge in [0.2, 0.25) is 0 Å². The van der Waals surface area contributed by atoms with E-state index in [1.54, 1.807) is 0 Å². The van der Waals surface area contributed by atoms with Gasteiger partial charge in [-0.25, -0.2) is 0 Å². The van der Waals surface area contributed by atoms with Gasteiger partial charge >= 0.3 is 0 Å². The van der Waals surface area contributed by atoms with E-state index in [1.807, 2.05) is 0 Å². The number of nitrogens with zero attached hydrogens (tertiary/aromatic N) is 1. The van der Waals surface area contributed by atoms with E-state index in [9.17, 15) is 0 Å². The molecule has 21 heavy (non-hydrogen) atoms. The van der Waals surface area contributed by atoms with E-state index in [4.69, 9.17) is 4.74 Å². The monoisotopic (exact) mass is 290 g/mol. The van der Waals surface area contributed by atoms with Crippen LogP contribution in [0, 0.1) is 0 Å². The molecule has 0 saturated carbocycles. The first-order chi connectivity index (χ1) is 10.4. The molecule has 0 spiro atoms. The molecule has 1 fully saturated rings. The summed E-state index contributed by atoms with van der Waals surface area (Å²) in [6, 6.07) is 8.37. The quantitative estimate of drug-likeness (QED) is 0.655. The SMILES string of the molecule is CCCCCCOc1ccc(NCCN2CCCC2)cc1. The zero-order valence-corrected chi connectivity index (χ0v) is 13.4. The first kappa shape index (κ1) is 16.2. The summed E-state index contributed by atoms with van der Waals surface area (Å²) in [5.41, 5.74) is 1.19. The molecule has 0 aliphatic carbocycles. The molecule has 1 aliphatic heterocycles. The fraction of sp³-hybridized carbons (Fsp3) is 0.667. The molecule has 0 atom stereocenters. The van der Waals surface area contributed by atoms with Gasteiger partial charge in [-0.05, 0) is 56.6 Å². The summed E-state index contributed by atoms with van der Waals surface area (Å²) in [5, 5.41) is 3.49. The van der Waals surface area contributed by atoms with Crippen LogP contribution in [0.2, 0.25) is 0 Å². The first-order valence-electron chi connectivity index (χ1n) is 8.57. The van der Waals surface area contributed by atoms with Crippen LogP contribution in [0.5, 0.6) is 5.75 Å². The fourth-order valence-corrected chi connectivity index (χ4v) is 2.75. The van der Waals surface area contributed by atoms with Gasteiger partial charge in [0.15, 0.2) is 0 Å². The van der Waals surface area contributed by atoms with Crippen molar-refractivity contribution >= 4 is 5.69 Å². The standard InChI is InChI=1S/C18H30N2O/c1-2-3-4-7-16-21-18-10-8-17(9-11-18)19-12-15-20-13-5-6-14-20/h8-11,19H,2-7,12-16H2,1H3. The molecule has 2 rings (SSSR count). The molecule has 3 nitrogen and oxygen atoms in total. The lowest BCUT2D eigenvalue weighted by Gasteiger charge is -2.15. The molecule has 1 aliphatic rings. The number of hydrogen-bond acceptors (Lipinski definition) is 3. The van der Waals surface area contributed by atoms with Gasteiger partial charge in [-0.2, -0.15) is 0 Å². The Hall–Kier alpha value is -1.22. The lowest BCUT2D eigenvalue weighted by molar-refractivity contribution is 0.305. The van der Waals surface area contributed by atoms with Crippen molar-refractivity contribution in [2.75, 3.05) is 38.1 Å². The summed E-state index contributed by atoms with van der Waals surface area (Å²) >= 11 is 0.